The van der Waals surface area contributed by atoms with E-state index in [1.165, 1.54) is 0 Å². The van der Waals surface area contributed by atoms with Crippen LogP contribution < -0.4 is 10.2 Å². The minimum Gasteiger partial charge on any atom is -0.493 e. The van der Waals surface area contributed by atoms with E-state index in [9.17, 15) is 4.79 Å². The molecule has 1 aliphatic rings. The monoisotopic (exact) mass is 368 g/mol. The maximum Gasteiger partial charge on any atom is 0.271 e. The van der Waals surface area contributed by atoms with Crippen LogP contribution in [0.5, 0.6) is 5.75 Å². The minimum atomic E-state index is -0.281. The fourth-order valence-electron chi connectivity index (χ4n) is 2.88. The largest absolute Gasteiger partial charge is 0.493 e. The highest BCUT2D eigenvalue weighted by Gasteiger charge is 2.15. The number of benzene rings is 1. The average Bonchev–Trinajstić information content (AvgIpc) is 2.71. The Bertz CT molecular complexity index is 774. The molecule has 7 heteroatoms. The summed E-state index contributed by atoms with van der Waals surface area (Å²) in [4.78, 5) is 18.3. The van der Waals surface area contributed by atoms with Crippen LogP contribution in [0.2, 0.25) is 0 Å². The summed E-state index contributed by atoms with van der Waals surface area (Å²) in [7, 11) is 0. The van der Waals surface area contributed by atoms with Gasteiger partial charge in [0.2, 0.25) is 0 Å². The molecule has 142 valence electrons. The summed E-state index contributed by atoms with van der Waals surface area (Å²) in [6, 6.07) is 9.24. The van der Waals surface area contributed by atoms with Crippen molar-refractivity contribution in [2.75, 3.05) is 32.9 Å². The molecule has 1 aliphatic heterocycles. The lowest BCUT2D eigenvalue weighted by atomic mass is 10.1. The molecular weight excluding hydrogens is 344 g/mol. The Morgan fingerprint density at radius 1 is 1.30 bits per heavy atom. The predicted molar refractivity (Wildman–Crippen MR) is 103 cm³/mol. The number of amides is 1. The molecule has 27 heavy (non-hydrogen) atoms. The van der Waals surface area contributed by atoms with Gasteiger partial charge in [-0.1, -0.05) is 12.1 Å². The number of pyridine rings is 1. The number of para-hydroxylation sites is 1. The van der Waals surface area contributed by atoms with Crippen molar-refractivity contribution < 1.29 is 14.3 Å². The van der Waals surface area contributed by atoms with E-state index < -0.39 is 0 Å². The van der Waals surface area contributed by atoms with Crippen LogP contribution in [-0.4, -0.2) is 54.9 Å². The number of hydrogen-bond acceptors (Lipinski definition) is 6. The van der Waals surface area contributed by atoms with E-state index in [-0.39, 0.29) is 5.91 Å². The number of hydrazone groups is 1. The molecule has 7 nitrogen and oxygen atoms in total. The van der Waals surface area contributed by atoms with Gasteiger partial charge in [0.05, 0.1) is 26.0 Å². The fraction of sp³-hybridized carbons (Fsp3) is 0.350. The molecule has 1 amide bonds. The van der Waals surface area contributed by atoms with E-state index in [2.05, 4.69) is 26.5 Å². The second-order valence-corrected chi connectivity index (χ2v) is 6.09. The normalized spacial score (nSPS) is 15.0. The number of rotatable bonds is 7. The highest BCUT2D eigenvalue weighted by Crippen LogP contribution is 2.25. The highest BCUT2D eigenvalue weighted by atomic mass is 16.5. The number of carbonyl (C=O) groups is 1. The summed E-state index contributed by atoms with van der Waals surface area (Å²) in [5, 5.41) is 4.09. The third-order valence-corrected chi connectivity index (χ3v) is 4.23. The van der Waals surface area contributed by atoms with Gasteiger partial charge >= 0.3 is 0 Å². The van der Waals surface area contributed by atoms with Crippen LogP contribution in [0.1, 0.15) is 28.4 Å². The first-order chi connectivity index (χ1) is 13.3. The van der Waals surface area contributed by atoms with Crippen LogP contribution in [0.15, 0.2) is 47.8 Å². The number of hydrogen-bond donors (Lipinski definition) is 1. The summed E-state index contributed by atoms with van der Waals surface area (Å²) in [6.45, 7) is 6.64. The molecule has 0 radical (unpaired) electrons. The maximum absolute atomic E-state index is 12.1. The second-order valence-electron chi connectivity index (χ2n) is 6.09. The van der Waals surface area contributed by atoms with Crippen LogP contribution in [0, 0.1) is 0 Å². The highest BCUT2D eigenvalue weighted by molar-refractivity contribution is 5.95. The van der Waals surface area contributed by atoms with Crippen molar-refractivity contribution in [2.24, 2.45) is 5.10 Å². The van der Waals surface area contributed by atoms with Gasteiger partial charge in [-0.15, -0.1) is 0 Å². The SMILES string of the molecule is CCOc1c(/C=N\NC(=O)c2ccncc2)cccc1CN1CCOCC1. The quantitative estimate of drug-likeness (QED) is 0.598. The predicted octanol–water partition coefficient (Wildman–Crippen LogP) is 2.08. The van der Waals surface area contributed by atoms with Crippen molar-refractivity contribution in [1.82, 2.24) is 15.3 Å². The number of ether oxygens (including phenoxy) is 2. The van der Waals surface area contributed by atoms with Crippen LogP contribution in [0.3, 0.4) is 0 Å². The number of carbonyl (C=O) groups excluding carboxylic acids is 1. The lowest BCUT2D eigenvalue weighted by Gasteiger charge is -2.27. The zero-order valence-electron chi connectivity index (χ0n) is 15.4. The Morgan fingerprint density at radius 2 is 2.07 bits per heavy atom. The molecule has 0 aliphatic carbocycles. The molecule has 1 aromatic heterocycles. The third kappa shape index (κ3) is 5.35. The number of morpholine rings is 1. The van der Waals surface area contributed by atoms with E-state index in [1.54, 1.807) is 30.7 Å². The molecular formula is C20H24N4O3. The molecule has 3 rings (SSSR count). The van der Waals surface area contributed by atoms with Gasteiger partial charge in [0.25, 0.3) is 5.91 Å². The molecule has 0 bridgehead atoms. The molecule has 2 heterocycles. The molecule has 0 atom stereocenters. The first kappa shape index (κ1) is 19.0. The molecule has 1 N–H and O–H groups in total. The van der Waals surface area contributed by atoms with Crippen molar-refractivity contribution in [3.05, 3.63) is 59.4 Å². The molecule has 2 aromatic rings. The molecule has 1 aromatic carbocycles. The molecule has 1 fully saturated rings. The molecule has 1 saturated heterocycles. The van der Waals surface area contributed by atoms with E-state index >= 15 is 0 Å². The Kier molecular flexibility index (Phi) is 6.90. The number of nitrogens with zero attached hydrogens (tertiary/aromatic N) is 3. The third-order valence-electron chi connectivity index (χ3n) is 4.23. The summed E-state index contributed by atoms with van der Waals surface area (Å²) in [5.41, 5.74) is 4.98. The summed E-state index contributed by atoms with van der Waals surface area (Å²) < 4.78 is 11.3. The van der Waals surface area contributed by atoms with Crippen molar-refractivity contribution in [3.8, 4) is 5.75 Å². The van der Waals surface area contributed by atoms with Gasteiger partial charge in [-0.3, -0.25) is 14.7 Å². The van der Waals surface area contributed by atoms with Gasteiger partial charge in [-0.25, -0.2) is 5.43 Å². The Hall–Kier alpha value is -2.77. The zero-order valence-corrected chi connectivity index (χ0v) is 15.4. The Morgan fingerprint density at radius 3 is 2.81 bits per heavy atom. The summed E-state index contributed by atoms with van der Waals surface area (Å²) in [5.74, 6) is 0.518. The van der Waals surface area contributed by atoms with E-state index in [4.69, 9.17) is 9.47 Å². The van der Waals surface area contributed by atoms with Gasteiger partial charge in [0, 0.05) is 48.7 Å². The van der Waals surface area contributed by atoms with Gasteiger partial charge < -0.3 is 9.47 Å². The first-order valence-corrected chi connectivity index (χ1v) is 9.06. The van der Waals surface area contributed by atoms with Crippen molar-refractivity contribution in [3.63, 3.8) is 0 Å². The van der Waals surface area contributed by atoms with E-state index in [1.807, 2.05) is 19.1 Å². The molecule has 0 spiro atoms. The van der Waals surface area contributed by atoms with E-state index in [0.29, 0.717) is 12.2 Å². The van der Waals surface area contributed by atoms with Gasteiger partial charge in [-0.2, -0.15) is 5.10 Å². The molecule has 0 saturated carbocycles. The average molecular weight is 368 g/mol. The Balaban J connectivity index is 1.71. The first-order valence-electron chi connectivity index (χ1n) is 9.06. The Labute approximate surface area is 159 Å². The topological polar surface area (TPSA) is 76.0 Å². The second kappa shape index (κ2) is 9.80. The van der Waals surface area contributed by atoms with Crippen molar-refractivity contribution in [2.45, 2.75) is 13.5 Å². The number of nitrogens with one attached hydrogen (secondary N) is 1. The smallest absolute Gasteiger partial charge is 0.271 e. The maximum atomic E-state index is 12.1. The fourth-order valence-corrected chi connectivity index (χ4v) is 2.88. The lowest BCUT2D eigenvalue weighted by Crippen LogP contribution is -2.35. The summed E-state index contributed by atoms with van der Waals surface area (Å²) >= 11 is 0. The van der Waals surface area contributed by atoms with Gasteiger partial charge in [-0.05, 0) is 25.1 Å². The van der Waals surface area contributed by atoms with Crippen LogP contribution in [0.4, 0.5) is 0 Å². The van der Waals surface area contributed by atoms with Crippen LogP contribution in [0.25, 0.3) is 0 Å². The standard InChI is InChI=1S/C20H24N4O3/c1-2-27-19-17(14-22-23-20(25)16-6-8-21-9-7-16)4-3-5-18(19)15-24-10-12-26-13-11-24/h3-9,14H,2,10-13,15H2,1H3,(H,23,25)/b22-14-. The summed E-state index contributed by atoms with van der Waals surface area (Å²) in [6.07, 6.45) is 4.76. The zero-order chi connectivity index (χ0) is 18.9. The number of aromatic nitrogens is 1. The lowest BCUT2D eigenvalue weighted by molar-refractivity contribution is 0.0338. The van der Waals surface area contributed by atoms with Gasteiger partial charge in [0.1, 0.15) is 5.75 Å². The van der Waals surface area contributed by atoms with Crippen molar-refractivity contribution in [1.29, 1.82) is 0 Å². The van der Waals surface area contributed by atoms with E-state index in [0.717, 1.165) is 49.7 Å². The molecule has 0 unspecified atom stereocenters. The van der Waals surface area contributed by atoms with Gasteiger partial charge in [0.15, 0.2) is 0 Å². The van der Waals surface area contributed by atoms with Crippen LogP contribution >= 0.6 is 0 Å². The van der Waals surface area contributed by atoms with Crippen LogP contribution in [-0.2, 0) is 11.3 Å². The van der Waals surface area contributed by atoms with Crippen molar-refractivity contribution >= 4 is 12.1 Å². The minimum absolute atomic E-state index is 0.281.